The number of nitrogens with two attached hydrogens (primary N) is 1. The molecule has 18 heavy (non-hydrogen) atoms. The summed E-state index contributed by atoms with van der Waals surface area (Å²) in [6.45, 7) is 0. The first-order valence-corrected chi connectivity index (χ1v) is 6.06. The zero-order valence-corrected chi connectivity index (χ0v) is 11.3. The molecular weight excluding hydrogens is 347 g/mol. The van der Waals surface area contributed by atoms with Gasteiger partial charge in [-0.1, -0.05) is 6.07 Å². The van der Waals surface area contributed by atoms with Crippen LogP contribution in [0.25, 0.3) is 0 Å². The molecular formula is C12H9IN2O3. The lowest BCUT2D eigenvalue weighted by molar-refractivity contribution is 0.0697. The van der Waals surface area contributed by atoms with E-state index in [-0.39, 0.29) is 17.1 Å². The van der Waals surface area contributed by atoms with Crippen molar-refractivity contribution in [2.75, 3.05) is 5.73 Å². The first-order chi connectivity index (χ1) is 8.56. The molecule has 0 aliphatic heterocycles. The average Bonchev–Trinajstić information content (AvgIpc) is 2.31. The lowest BCUT2D eigenvalue weighted by Gasteiger charge is -2.07. The minimum absolute atomic E-state index is 0.0226. The molecule has 0 aliphatic rings. The number of halogens is 1. The van der Waals surface area contributed by atoms with Crippen LogP contribution >= 0.6 is 22.6 Å². The Balaban J connectivity index is 2.30. The number of benzene rings is 1. The lowest BCUT2D eigenvalue weighted by atomic mass is 10.2. The van der Waals surface area contributed by atoms with Crippen molar-refractivity contribution < 1.29 is 14.6 Å². The fourth-order valence-corrected chi connectivity index (χ4v) is 1.85. The molecule has 5 nitrogen and oxygen atoms in total. The summed E-state index contributed by atoms with van der Waals surface area (Å²) >= 11 is 2.16. The van der Waals surface area contributed by atoms with Gasteiger partial charge in [-0.2, -0.15) is 0 Å². The number of hydrogen-bond donors (Lipinski definition) is 2. The van der Waals surface area contributed by atoms with Crippen LogP contribution in [0.4, 0.5) is 5.69 Å². The summed E-state index contributed by atoms with van der Waals surface area (Å²) in [6, 6.07) is 8.65. The second kappa shape index (κ2) is 5.21. The molecule has 0 aliphatic carbocycles. The first kappa shape index (κ1) is 12.6. The molecule has 2 aromatic rings. The Morgan fingerprint density at radius 2 is 2.17 bits per heavy atom. The van der Waals surface area contributed by atoms with E-state index in [2.05, 4.69) is 27.6 Å². The van der Waals surface area contributed by atoms with Gasteiger partial charge in [-0.3, -0.25) is 0 Å². The highest BCUT2D eigenvalue weighted by molar-refractivity contribution is 14.1. The monoisotopic (exact) mass is 356 g/mol. The lowest BCUT2D eigenvalue weighted by Crippen LogP contribution is -2.03. The highest BCUT2D eigenvalue weighted by atomic mass is 127. The van der Waals surface area contributed by atoms with Crippen LogP contribution < -0.4 is 10.5 Å². The summed E-state index contributed by atoms with van der Waals surface area (Å²) in [5.41, 5.74) is 5.59. The zero-order valence-electron chi connectivity index (χ0n) is 9.13. The van der Waals surface area contributed by atoms with E-state index < -0.39 is 5.97 Å². The second-order valence-electron chi connectivity index (χ2n) is 3.47. The Hall–Kier alpha value is -1.83. The topological polar surface area (TPSA) is 85.4 Å². The van der Waals surface area contributed by atoms with Gasteiger partial charge in [0.15, 0.2) is 0 Å². The number of pyridine rings is 1. The fraction of sp³-hybridized carbons (Fsp3) is 0. The number of hydrogen-bond acceptors (Lipinski definition) is 4. The molecule has 0 amide bonds. The molecule has 2 rings (SSSR count). The van der Waals surface area contributed by atoms with Gasteiger partial charge in [0.25, 0.3) is 0 Å². The number of nitrogens with zero attached hydrogens (tertiary/aromatic N) is 1. The molecule has 0 fully saturated rings. The number of rotatable bonds is 3. The highest BCUT2D eigenvalue weighted by Gasteiger charge is 2.10. The maximum atomic E-state index is 10.9. The average molecular weight is 356 g/mol. The molecule has 0 saturated carbocycles. The third-order valence-corrected chi connectivity index (χ3v) is 2.83. The predicted octanol–water partition coefficient (Wildman–Crippen LogP) is 2.76. The van der Waals surface area contributed by atoms with Crippen molar-refractivity contribution in [3.63, 3.8) is 0 Å². The molecule has 0 atom stereocenters. The van der Waals surface area contributed by atoms with E-state index in [1.54, 1.807) is 6.07 Å². The highest BCUT2D eigenvalue weighted by Crippen LogP contribution is 2.23. The molecule has 1 aromatic carbocycles. The maximum Gasteiger partial charge on any atom is 0.338 e. The van der Waals surface area contributed by atoms with Crippen LogP contribution in [0.3, 0.4) is 0 Å². The Morgan fingerprint density at radius 1 is 1.39 bits per heavy atom. The Morgan fingerprint density at radius 3 is 2.83 bits per heavy atom. The van der Waals surface area contributed by atoms with Crippen molar-refractivity contribution in [3.05, 3.63) is 45.7 Å². The van der Waals surface area contributed by atoms with Gasteiger partial charge >= 0.3 is 5.97 Å². The molecule has 1 heterocycles. The van der Waals surface area contributed by atoms with E-state index >= 15 is 0 Å². The van der Waals surface area contributed by atoms with Crippen molar-refractivity contribution in [2.24, 2.45) is 0 Å². The van der Waals surface area contributed by atoms with Crippen molar-refractivity contribution in [3.8, 4) is 11.6 Å². The number of carboxylic acids is 1. The molecule has 0 unspecified atom stereocenters. The quantitative estimate of drug-likeness (QED) is 0.826. The smallest absolute Gasteiger partial charge is 0.338 e. The van der Waals surface area contributed by atoms with Crippen LogP contribution in [0.15, 0.2) is 36.5 Å². The van der Waals surface area contributed by atoms with Gasteiger partial charge in [-0.15, -0.1) is 0 Å². The number of nitrogen functional groups attached to an aromatic ring is 1. The van der Waals surface area contributed by atoms with Gasteiger partial charge in [-0.25, -0.2) is 9.78 Å². The van der Waals surface area contributed by atoms with E-state index in [9.17, 15) is 4.79 Å². The van der Waals surface area contributed by atoms with Crippen LogP contribution in [0.1, 0.15) is 10.4 Å². The van der Waals surface area contributed by atoms with Gasteiger partial charge in [0.2, 0.25) is 5.88 Å². The number of aromatic nitrogens is 1. The summed E-state index contributed by atoms with van der Waals surface area (Å²) in [6.07, 6.45) is 1.27. The number of aromatic carboxylic acids is 1. The van der Waals surface area contributed by atoms with Gasteiger partial charge in [0.1, 0.15) is 5.75 Å². The molecule has 3 N–H and O–H groups in total. The Kier molecular flexibility index (Phi) is 3.66. The van der Waals surface area contributed by atoms with Crippen molar-refractivity contribution >= 4 is 34.2 Å². The fourth-order valence-electron chi connectivity index (χ4n) is 1.34. The van der Waals surface area contributed by atoms with E-state index in [1.807, 2.05) is 18.2 Å². The van der Waals surface area contributed by atoms with Gasteiger partial charge in [0, 0.05) is 9.64 Å². The van der Waals surface area contributed by atoms with Crippen LogP contribution in [0, 0.1) is 3.57 Å². The normalized spacial score (nSPS) is 10.1. The number of anilines is 1. The number of carboxylic acid groups (broad SMARTS) is 1. The molecule has 0 spiro atoms. The first-order valence-electron chi connectivity index (χ1n) is 4.98. The third kappa shape index (κ3) is 2.89. The molecule has 0 radical (unpaired) electrons. The predicted molar refractivity (Wildman–Crippen MR) is 74.8 cm³/mol. The van der Waals surface area contributed by atoms with E-state index in [4.69, 9.17) is 15.6 Å². The third-order valence-electron chi connectivity index (χ3n) is 2.16. The molecule has 92 valence electrons. The Labute approximate surface area is 117 Å². The molecule has 0 bridgehead atoms. The summed E-state index contributed by atoms with van der Waals surface area (Å²) in [4.78, 5) is 14.8. The minimum atomic E-state index is -1.11. The van der Waals surface area contributed by atoms with Gasteiger partial charge in [-0.05, 0) is 40.8 Å². The van der Waals surface area contributed by atoms with Gasteiger partial charge < -0.3 is 15.6 Å². The number of ether oxygens (including phenoxy) is 1. The van der Waals surface area contributed by atoms with Crippen LogP contribution in [0.5, 0.6) is 11.6 Å². The van der Waals surface area contributed by atoms with E-state index in [1.165, 1.54) is 12.3 Å². The SMILES string of the molecule is Nc1cnc(Oc2cccc(I)c2)cc1C(=O)O. The maximum absolute atomic E-state index is 10.9. The molecule has 1 aromatic heterocycles. The number of carbonyl (C=O) groups is 1. The second-order valence-corrected chi connectivity index (χ2v) is 4.72. The standard InChI is InChI=1S/C12H9IN2O3/c13-7-2-1-3-8(4-7)18-11-5-9(12(16)17)10(14)6-15-11/h1-6H,14H2,(H,16,17). The Bertz CT molecular complexity index is 602. The van der Waals surface area contributed by atoms with Crippen LogP contribution in [0.2, 0.25) is 0 Å². The van der Waals surface area contributed by atoms with E-state index in [0.29, 0.717) is 5.75 Å². The summed E-state index contributed by atoms with van der Waals surface area (Å²) in [5, 5.41) is 8.94. The zero-order chi connectivity index (χ0) is 13.1. The van der Waals surface area contributed by atoms with Crippen molar-refractivity contribution in [2.45, 2.75) is 0 Å². The van der Waals surface area contributed by atoms with Crippen LogP contribution in [-0.4, -0.2) is 16.1 Å². The molecule has 0 saturated heterocycles. The van der Waals surface area contributed by atoms with Gasteiger partial charge in [0.05, 0.1) is 17.4 Å². The van der Waals surface area contributed by atoms with E-state index in [0.717, 1.165) is 3.57 Å². The van der Waals surface area contributed by atoms with Crippen LogP contribution in [-0.2, 0) is 0 Å². The van der Waals surface area contributed by atoms with Crippen molar-refractivity contribution in [1.82, 2.24) is 4.98 Å². The largest absolute Gasteiger partial charge is 0.478 e. The van der Waals surface area contributed by atoms with Crippen molar-refractivity contribution in [1.29, 1.82) is 0 Å². The summed E-state index contributed by atoms with van der Waals surface area (Å²) < 4.78 is 6.48. The molecule has 6 heteroatoms. The minimum Gasteiger partial charge on any atom is -0.478 e. The summed E-state index contributed by atoms with van der Waals surface area (Å²) in [5.74, 6) is -0.318. The summed E-state index contributed by atoms with van der Waals surface area (Å²) in [7, 11) is 0.